The number of rotatable bonds is 9. The number of nitrogens with zero attached hydrogens (tertiary/aromatic N) is 1. The van der Waals surface area contributed by atoms with Crippen molar-refractivity contribution in [2.24, 2.45) is 0 Å². The number of carbonyl (C=O) groups excluding carboxylic acids is 2. The van der Waals surface area contributed by atoms with Gasteiger partial charge in [0, 0.05) is 23.5 Å². The van der Waals surface area contributed by atoms with Crippen LogP contribution in [0.1, 0.15) is 37.5 Å². The first kappa shape index (κ1) is 26.3. The predicted octanol–water partition coefficient (Wildman–Crippen LogP) is 5.45. The average Bonchev–Trinajstić information content (AvgIpc) is 2.82. The van der Waals surface area contributed by atoms with Crippen molar-refractivity contribution in [1.29, 1.82) is 0 Å². The van der Waals surface area contributed by atoms with E-state index in [-0.39, 0.29) is 18.2 Å². The van der Waals surface area contributed by atoms with Crippen molar-refractivity contribution in [1.82, 2.24) is 10.2 Å². The van der Waals surface area contributed by atoms with Crippen LogP contribution in [0.2, 0.25) is 5.02 Å². The van der Waals surface area contributed by atoms with Crippen LogP contribution >= 0.6 is 11.6 Å². The highest BCUT2D eigenvalue weighted by atomic mass is 35.5. The molecule has 0 aliphatic rings. The summed E-state index contributed by atoms with van der Waals surface area (Å²) in [5, 5.41) is 3.70. The minimum absolute atomic E-state index is 0.130. The highest BCUT2D eigenvalue weighted by Gasteiger charge is 2.32. The number of hydrogen-bond donors (Lipinski definition) is 1. The molecule has 5 nitrogen and oxygen atoms in total. The molecule has 0 fully saturated rings. The first-order valence-corrected chi connectivity index (χ1v) is 12.1. The van der Waals surface area contributed by atoms with Crippen LogP contribution in [0.3, 0.4) is 0 Å². The van der Waals surface area contributed by atoms with Crippen LogP contribution < -0.4 is 10.1 Å². The Labute approximate surface area is 213 Å². The Morgan fingerprint density at radius 3 is 2.06 bits per heavy atom. The molecule has 2 amide bonds. The standard InChI is InChI=1S/C29H33ClN2O3/c1-29(2,3)31-28(34)26(18-21-8-6-5-7-9-21)32(20-23-10-14-24(30)15-11-23)27(33)19-22-12-16-25(35-4)17-13-22/h5-17,26H,18-20H2,1-4H3,(H,31,34). The van der Waals surface area contributed by atoms with Crippen molar-refractivity contribution in [2.75, 3.05) is 7.11 Å². The Bertz CT molecular complexity index is 1110. The molecule has 6 heteroatoms. The van der Waals surface area contributed by atoms with E-state index in [2.05, 4.69) is 5.32 Å². The molecule has 0 heterocycles. The fourth-order valence-electron chi connectivity index (χ4n) is 3.81. The van der Waals surface area contributed by atoms with E-state index in [1.807, 2.05) is 87.5 Å². The number of hydrogen-bond acceptors (Lipinski definition) is 3. The molecule has 0 aliphatic heterocycles. The highest BCUT2D eigenvalue weighted by molar-refractivity contribution is 6.30. The van der Waals surface area contributed by atoms with Gasteiger partial charge in [0.25, 0.3) is 0 Å². The van der Waals surface area contributed by atoms with Crippen molar-refractivity contribution in [2.45, 2.75) is 51.7 Å². The van der Waals surface area contributed by atoms with Crippen molar-refractivity contribution in [3.8, 4) is 5.75 Å². The van der Waals surface area contributed by atoms with E-state index in [1.165, 1.54) is 0 Å². The number of halogens is 1. The largest absolute Gasteiger partial charge is 0.497 e. The summed E-state index contributed by atoms with van der Waals surface area (Å²) >= 11 is 6.08. The normalized spacial score (nSPS) is 12.0. The number of amides is 2. The summed E-state index contributed by atoms with van der Waals surface area (Å²) < 4.78 is 5.23. The van der Waals surface area contributed by atoms with Crippen molar-refractivity contribution >= 4 is 23.4 Å². The summed E-state index contributed by atoms with van der Waals surface area (Å²) in [5.41, 5.74) is 2.31. The van der Waals surface area contributed by atoms with Crippen LogP contribution in [-0.2, 0) is 29.0 Å². The predicted molar refractivity (Wildman–Crippen MR) is 141 cm³/mol. The molecule has 0 saturated heterocycles. The molecule has 1 atom stereocenters. The number of methoxy groups -OCH3 is 1. The van der Waals surface area contributed by atoms with Crippen molar-refractivity contribution in [3.05, 3.63) is 101 Å². The fourth-order valence-corrected chi connectivity index (χ4v) is 3.94. The van der Waals surface area contributed by atoms with E-state index in [4.69, 9.17) is 16.3 Å². The van der Waals surface area contributed by atoms with Gasteiger partial charge in [0.15, 0.2) is 0 Å². The first-order valence-electron chi connectivity index (χ1n) is 11.7. The molecule has 184 valence electrons. The van der Waals surface area contributed by atoms with Gasteiger partial charge >= 0.3 is 0 Å². The topological polar surface area (TPSA) is 58.6 Å². The Kier molecular flexibility index (Phi) is 8.94. The van der Waals surface area contributed by atoms with Gasteiger partial charge in [-0.3, -0.25) is 9.59 Å². The summed E-state index contributed by atoms with van der Waals surface area (Å²) in [6, 6.07) is 23.9. The molecule has 0 saturated carbocycles. The molecular weight excluding hydrogens is 460 g/mol. The zero-order valence-corrected chi connectivity index (χ0v) is 21.5. The van der Waals surface area contributed by atoms with E-state index in [0.29, 0.717) is 18.0 Å². The zero-order valence-electron chi connectivity index (χ0n) is 20.8. The van der Waals surface area contributed by atoms with Crippen LogP contribution in [0.4, 0.5) is 0 Å². The van der Waals surface area contributed by atoms with Gasteiger partial charge in [-0.05, 0) is 61.7 Å². The van der Waals surface area contributed by atoms with Gasteiger partial charge in [0.05, 0.1) is 13.5 Å². The lowest BCUT2D eigenvalue weighted by atomic mass is 10.00. The molecular formula is C29H33ClN2O3. The fraction of sp³-hybridized carbons (Fsp3) is 0.310. The maximum Gasteiger partial charge on any atom is 0.243 e. The molecule has 0 aromatic heterocycles. The van der Waals surface area contributed by atoms with Crippen molar-refractivity contribution < 1.29 is 14.3 Å². The molecule has 0 aliphatic carbocycles. The summed E-state index contributed by atoms with van der Waals surface area (Å²) in [6.45, 7) is 6.11. The lowest BCUT2D eigenvalue weighted by molar-refractivity contribution is -0.141. The van der Waals surface area contributed by atoms with Crippen LogP contribution in [0.5, 0.6) is 5.75 Å². The Morgan fingerprint density at radius 2 is 1.49 bits per heavy atom. The van der Waals surface area contributed by atoms with Crippen molar-refractivity contribution in [3.63, 3.8) is 0 Å². The monoisotopic (exact) mass is 492 g/mol. The SMILES string of the molecule is COc1ccc(CC(=O)N(Cc2ccc(Cl)cc2)C(Cc2ccccc2)C(=O)NC(C)(C)C)cc1. The lowest BCUT2D eigenvalue weighted by Gasteiger charge is -2.34. The molecule has 1 unspecified atom stereocenters. The lowest BCUT2D eigenvalue weighted by Crippen LogP contribution is -2.54. The Hall–Kier alpha value is -3.31. The Morgan fingerprint density at radius 1 is 0.886 bits per heavy atom. The number of ether oxygens (including phenoxy) is 1. The second kappa shape index (κ2) is 11.9. The quantitative estimate of drug-likeness (QED) is 0.432. The van der Waals surface area contributed by atoms with Gasteiger partial charge < -0.3 is 15.0 Å². The van der Waals surface area contributed by atoms with Crippen LogP contribution in [-0.4, -0.2) is 35.4 Å². The van der Waals surface area contributed by atoms with Gasteiger partial charge in [-0.15, -0.1) is 0 Å². The van der Waals surface area contributed by atoms with Gasteiger partial charge in [0.1, 0.15) is 11.8 Å². The third-order valence-electron chi connectivity index (χ3n) is 5.55. The van der Waals surface area contributed by atoms with Crippen LogP contribution in [0, 0.1) is 0 Å². The molecule has 0 bridgehead atoms. The number of carbonyl (C=O) groups is 2. The summed E-state index contributed by atoms with van der Waals surface area (Å²) in [6.07, 6.45) is 0.580. The minimum Gasteiger partial charge on any atom is -0.497 e. The molecule has 0 radical (unpaired) electrons. The van der Waals surface area contributed by atoms with Gasteiger partial charge in [-0.25, -0.2) is 0 Å². The maximum atomic E-state index is 13.7. The van der Waals surface area contributed by atoms with E-state index in [1.54, 1.807) is 24.1 Å². The molecule has 0 spiro atoms. The third-order valence-corrected chi connectivity index (χ3v) is 5.80. The molecule has 1 N–H and O–H groups in total. The number of benzene rings is 3. The van der Waals surface area contributed by atoms with E-state index < -0.39 is 11.6 Å². The van der Waals surface area contributed by atoms with E-state index >= 15 is 0 Å². The summed E-state index contributed by atoms with van der Waals surface area (Å²) in [5.74, 6) is 0.416. The minimum atomic E-state index is -0.682. The second-order valence-corrected chi connectivity index (χ2v) is 10.1. The van der Waals surface area contributed by atoms with Gasteiger partial charge in [-0.2, -0.15) is 0 Å². The molecule has 3 aromatic carbocycles. The van der Waals surface area contributed by atoms with Crippen LogP contribution in [0.15, 0.2) is 78.9 Å². The molecule has 35 heavy (non-hydrogen) atoms. The third kappa shape index (κ3) is 8.15. The van der Waals surface area contributed by atoms with Gasteiger partial charge in [-0.1, -0.05) is 66.2 Å². The maximum absolute atomic E-state index is 13.7. The highest BCUT2D eigenvalue weighted by Crippen LogP contribution is 2.20. The smallest absolute Gasteiger partial charge is 0.243 e. The van der Waals surface area contributed by atoms with E-state index in [9.17, 15) is 9.59 Å². The van der Waals surface area contributed by atoms with Gasteiger partial charge in [0.2, 0.25) is 11.8 Å². The van der Waals surface area contributed by atoms with E-state index in [0.717, 1.165) is 22.4 Å². The molecule has 3 aromatic rings. The molecule has 3 rings (SSSR count). The summed E-state index contributed by atoms with van der Waals surface area (Å²) in [4.78, 5) is 29.0. The average molecular weight is 493 g/mol. The number of nitrogens with one attached hydrogen (secondary N) is 1. The first-order chi connectivity index (χ1) is 16.6. The van der Waals surface area contributed by atoms with Crippen LogP contribution in [0.25, 0.3) is 0 Å². The summed E-state index contributed by atoms with van der Waals surface area (Å²) in [7, 11) is 1.61. The Balaban J connectivity index is 1.96. The zero-order chi connectivity index (χ0) is 25.4. The second-order valence-electron chi connectivity index (χ2n) is 9.62.